The lowest BCUT2D eigenvalue weighted by Gasteiger charge is -2.43. The summed E-state index contributed by atoms with van der Waals surface area (Å²) in [5.74, 6) is 0.895. The SMILES string of the molecule is C[C@H]1[C@H](NC(=S)Nc2cccc3c2CCO3)[C@H](N)CCN1C(=O)OC(C)(C)C. The Morgan fingerprint density at radius 3 is 2.86 bits per heavy atom. The van der Waals surface area contributed by atoms with Crippen LogP contribution in [0.25, 0.3) is 0 Å². The summed E-state index contributed by atoms with van der Waals surface area (Å²) >= 11 is 5.53. The Morgan fingerprint density at radius 1 is 1.39 bits per heavy atom. The van der Waals surface area contributed by atoms with Crippen molar-refractivity contribution >= 4 is 29.1 Å². The van der Waals surface area contributed by atoms with Crippen molar-refractivity contribution in [2.24, 2.45) is 5.73 Å². The summed E-state index contributed by atoms with van der Waals surface area (Å²) in [5.41, 5.74) is 7.87. The molecular weight excluding hydrogens is 376 g/mol. The third kappa shape index (κ3) is 4.67. The Balaban J connectivity index is 1.65. The van der Waals surface area contributed by atoms with Crippen LogP contribution in [0.4, 0.5) is 10.5 Å². The Bertz CT molecular complexity index is 749. The van der Waals surface area contributed by atoms with Gasteiger partial charge in [0.25, 0.3) is 0 Å². The molecule has 0 bridgehead atoms. The number of ether oxygens (including phenoxy) is 2. The molecule has 0 saturated carbocycles. The minimum atomic E-state index is -0.536. The second-order valence-corrected chi connectivity index (χ2v) is 8.78. The molecule has 1 saturated heterocycles. The van der Waals surface area contributed by atoms with Gasteiger partial charge in [0.05, 0.1) is 18.7 Å². The van der Waals surface area contributed by atoms with Gasteiger partial charge >= 0.3 is 6.09 Å². The Labute approximate surface area is 171 Å². The number of amides is 1. The van der Waals surface area contributed by atoms with Crippen LogP contribution in [0, 0.1) is 0 Å². The number of carbonyl (C=O) groups excluding carboxylic acids is 1. The van der Waals surface area contributed by atoms with E-state index in [1.807, 2.05) is 45.9 Å². The van der Waals surface area contributed by atoms with Gasteiger partial charge in [0.2, 0.25) is 0 Å². The Hall–Kier alpha value is -2.06. The Morgan fingerprint density at radius 2 is 2.14 bits per heavy atom. The quantitative estimate of drug-likeness (QED) is 0.651. The molecule has 154 valence electrons. The molecule has 0 aliphatic carbocycles. The number of nitrogens with one attached hydrogen (secondary N) is 2. The average molecular weight is 407 g/mol. The number of fused-ring (bicyclic) bond motifs is 1. The Kier molecular flexibility index (Phi) is 6.00. The lowest BCUT2D eigenvalue weighted by Crippen LogP contribution is -2.64. The van der Waals surface area contributed by atoms with Crippen molar-refractivity contribution in [1.29, 1.82) is 0 Å². The molecule has 1 aromatic rings. The first-order chi connectivity index (χ1) is 13.2. The highest BCUT2D eigenvalue weighted by atomic mass is 32.1. The van der Waals surface area contributed by atoms with Crippen molar-refractivity contribution in [1.82, 2.24) is 10.2 Å². The van der Waals surface area contributed by atoms with Gasteiger partial charge in [-0.1, -0.05) is 6.07 Å². The summed E-state index contributed by atoms with van der Waals surface area (Å²) in [6.45, 7) is 8.81. The molecule has 7 nitrogen and oxygen atoms in total. The average Bonchev–Trinajstić information content (AvgIpc) is 3.06. The van der Waals surface area contributed by atoms with E-state index in [2.05, 4.69) is 10.6 Å². The predicted molar refractivity (Wildman–Crippen MR) is 114 cm³/mol. The van der Waals surface area contributed by atoms with Crippen LogP contribution in [0.1, 0.15) is 39.7 Å². The lowest BCUT2D eigenvalue weighted by atomic mass is 9.93. The molecule has 28 heavy (non-hydrogen) atoms. The number of anilines is 1. The summed E-state index contributed by atoms with van der Waals surface area (Å²) in [5, 5.41) is 7.06. The molecule has 1 aromatic carbocycles. The van der Waals surface area contributed by atoms with Crippen LogP contribution in [-0.2, 0) is 11.2 Å². The van der Waals surface area contributed by atoms with E-state index in [-0.39, 0.29) is 24.2 Å². The van der Waals surface area contributed by atoms with E-state index in [9.17, 15) is 4.79 Å². The van der Waals surface area contributed by atoms with Crippen LogP contribution in [0.5, 0.6) is 5.75 Å². The van der Waals surface area contributed by atoms with E-state index in [1.54, 1.807) is 4.90 Å². The fourth-order valence-electron chi connectivity index (χ4n) is 3.68. The third-order valence-corrected chi connectivity index (χ3v) is 5.31. The summed E-state index contributed by atoms with van der Waals surface area (Å²) in [6, 6.07) is 5.45. The number of nitrogens with zero attached hydrogens (tertiary/aromatic N) is 1. The van der Waals surface area contributed by atoms with E-state index in [1.165, 1.54) is 0 Å². The lowest BCUT2D eigenvalue weighted by molar-refractivity contribution is 0.00627. The molecule has 1 fully saturated rings. The first-order valence-corrected chi connectivity index (χ1v) is 10.1. The molecular formula is C20H30N4O3S. The highest BCUT2D eigenvalue weighted by Gasteiger charge is 2.38. The van der Waals surface area contributed by atoms with E-state index in [0.29, 0.717) is 24.7 Å². The maximum Gasteiger partial charge on any atom is 0.410 e. The van der Waals surface area contributed by atoms with E-state index in [0.717, 1.165) is 23.4 Å². The van der Waals surface area contributed by atoms with Crippen molar-refractivity contribution in [3.05, 3.63) is 23.8 Å². The molecule has 1 amide bonds. The number of thiocarbonyl (C=S) groups is 1. The molecule has 2 aliphatic rings. The molecule has 4 N–H and O–H groups in total. The predicted octanol–water partition coefficient (Wildman–Crippen LogP) is 2.63. The highest BCUT2D eigenvalue weighted by molar-refractivity contribution is 7.80. The van der Waals surface area contributed by atoms with Crippen molar-refractivity contribution in [3.8, 4) is 5.75 Å². The van der Waals surface area contributed by atoms with Gasteiger partial charge in [-0.2, -0.15) is 0 Å². The van der Waals surface area contributed by atoms with Gasteiger partial charge < -0.3 is 30.7 Å². The molecule has 2 aliphatic heterocycles. The number of hydrogen-bond donors (Lipinski definition) is 3. The van der Waals surface area contributed by atoms with Crippen LogP contribution >= 0.6 is 12.2 Å². The number of likely N-dealkylation sites (tertiary alicyclic amines) is 1. The van der Waals surface area contributed by atoms with Crippen LogP contribution < -0.4 is 21.1 Å². The van der Waals surface area contributed by atoms with Gasteiger partial charge in [-0.3, -0.25) is 0 Å². The van der Waals surface area contributed by atoms with Crippen LogP contribution in [0.15, 0.2) is 18.2 Å². The largest absolute Gasteiger partial charge is 0.493 e. The molecule has 0 spiro atoms. The smallest absolute Gasteiger partial charge is 0.410 e. The van der Waals surface area contributed by atoms with Crippen LogP contribution in [0.2, 0.25) is 0 Å². The number of nitrogens with two attached hydrogens (primary N) is 1. The molecule has 3 rings (SSSR count). The van der Waals surface area contributed by atoms with Crippen LogP contribution in [0.3, 0.4) is 0 Å². The highest BCUT2D eigenvalue weighted by Crippen LogP contribution is 2.31. The molecule has 2 heterocycles. The summed E-state index contributed by atoms with van der Waals surface area (Å²) in [7, 11) is 0. The zero-order chi connectivity index (χ0) is 20.5. The third-order valence-electron chi connectivity index (χ3n) is 5.09. The van der Waals surface area contributed by atoms with Gasteiger partial charge in [-0.05, 0) is 58.5 Å². The number of carbonyl (C=O) groups is 1. The first kappa shape index (κ1) is 20.7. The summed E-state index contributed by atoms with van der Waals surface area (Å²) in [6.07, 6.45) is 1.21. The monoisotopic (exact) mass is 406 g/mol. The fraction of sp³-hybridized carbons (Fsp3) is 0.600. The zero-order valence-corrected chi connectivity index (χ0v) is 17.8. The number of benzene rings is 1. The minimum absolute atomic E-state index is 0.113. The maximum atomic E-state index is 12.6. The minimum Gasteiger partial charge on any atom is -0.493 e. The van der Waals surface area contributed by atoms with E-state index < -0.39 is 5.60 Å². The van der Waals surface area contributed by atoms with Crippen molar-refractivity contribution in [2.75, 3.05) is 18.5 Å². The number of hydrogen-bond acceptors (Lipinski definition) is 5. The molecule has 0 radical (unpaired) electrons. The standard InChI is InChI=1S/C20H30N4O3S/c1-12-17(14(21)8-10-24(12)19(25)27-20(2,3)4)23-18(28)22-15-6-5-7-16-13(15)9-11-26-16/h5-7,12,14,17H,8-11,21H2,1-4H3,(H2,22,23,28)/t12-,14+,17-/m0/s1. The second-order valence-electron chi connectivity index (χ2n) is 8.37. The second kappa shape index (κ2) is 8.13. The first-order valence-electron chi connectivity index (χ1n) is 9.73. The van der Waals surface area contributed by atoms with Gasteiger partial charge in [0, 0.05) is 30.3 Å². The number of piperidine rings is 1. The van der Waals surface area contributed by atoms with Gasteiger partial charge in [-0.15, -0.1) is 0 Å². The van der Waals surface area contributed by atoms with Crippen molar-refractivity contribution in [2.45, 2.75) is 64.3 Å². The molecule has 3 atom stereocenters. The van der Waals surface area contributed by atoms with Gasteiger partial charge in [0.1, 0.15) is 11.4 Å². The topological polar surface area (TPSA) is 88.9 Å². The van der Waals surface area contributed by atoms with Gasteiger partial charge in [-0.25, -0.2) is 4.79 Å². The maximum absolute atomic E-state index is 12.6. The van der Waals surface area contributed by atoms with Crippen LogP contribution in [-0.4, -0.2) is 53.0 Å². The molecule has 8 heteroatoms. The summed E-state index contributed by atoms with van der Waals surface area (Å²) < 4.78 is 11.1. The summed E-state index contributed by atoms with van der Waals surface area (Å²) in [4.78, 5) is 14.3. The van der Waals surface area contributed by atoms with Crippen molar-refractivity contribution < 1.29 is 14.3 Å². The molecule has 0 unspecified atom stereocenters. The molecule has 0 aromatic heterocycles. The van der Waals surface area contributed by atoms with E-state index >= 15 is 0 Å². The van der Waals surface area contributed by atoms with E-state index in [4.69, 9.17) is 27.4 Å². The van der Waals surface area contributed by atoms with Crippen molar-refractivity contribution in [3.63, 3.8) is 0 Å². The fourth-order valence-corrected chi connectivity index (χ4v) is 3.92. The zero-order valence-electron chi connectivity index (χ0n) is 17.0. The normalized spacial score (nSPS) is 24.2. The van der Waals surface area contributed by atoms with Gasteiger partial charge in [0.15, 0.2) is 5.11 Å². The number of rotatable bonds is 2.